The Kier molecular flexibility index (Phi) is 16.0. The van der Waals surface area contributed by atoms with Crippen LogP contribution in [0.3, 0.4) is 0 Å². The summed E-state index contributed by atoms with van der Waals surface area (Å²) >= 11 is 0. The Morgan fingerprint density at radius 2 is 1.45 bits per heavy atom. The molecule has 0 spiro atoms. The average Bonchev–Trinajstić information content (AvgIpc) is 3.86. The van der Waals surface area contributed by atoms with E-state index in [1.165, 1.54) is 4.57 Å². The molecule has 3 aromatic carbocycles. The summed E-state index contributed by atoms with van der Waals surface area (Å²) in [5.74, 6) is -2.87. The first kappa shape index (κ1) is 48.3. The smallest absolute Gasteiger partial charge is 0.329 e. The lowest BCUT2D eigenvalue weighted by atomic mass is 9.98. The summed E-state index contributed by atoms with van der Waals surface area (Å²) in [4.78, 5) is 108. The van der Waals surface area contributed by atoms with Gasteiger partial charge in [0.1, 0.15) is 24.2 Å². The summed E-state index contributed by atoms with van der Waals surface area (Å²) in [6.45, 7) is 0.434. The molecule has 3 fully saturated rings. The third kappa shape index (κ3) is 11.5. The van der Waals surface area contributed by atoms with E-state index in [0.717, 1.165) is 60.7 Å². The predicted octanol–water partition coefficient (Wildman–Crippen LogP) is 3.17. The van der Waals surface area contributed by atoms with Gasteiger partial charge in [0.15, 0.2) is 0 Å². The van der Waals surface area contributed by atoms with E-state index in [2.05, 4.69) is 16.0 Å². The topological polar surface area (TPSA) is 241 Å². The Morgan fingerprint density at radius 3 is 2.12 bits per heavy atom. The van der Waals surface area contributed by atoms with Gasteiger partial charge in [-0.15, -0.1) is 0 Å². The zero-order chi connectivity index (χ0) is 47.6. The number of carbonyl (C=O) groups excluding carboxylic acids is 7. The maximum atomic E-state index is 14.0. The minimum atomic E-state index is -1.10. The highest BCUT2D eigenvalue weighted by atomic mass is 16.2. The number of hydrogen-bond acceptors (Lipinski definition) is 9. The van der Waals surface area contributed by atoms with Gasteiger partial charge in [0.25, 0.3) is 0 Å². The number of primary amides is 1. The number of benzene rings is 3. The van der Waals surface area contributed by atoms with Crippen molar-refractivity contribution in [3.8, 4) is 0 Å². The highest BCUT2D eigenvalue weighted by Gasteiger charge is 2.45. The number of carbonyl (C=O) groups is 7. The van der Waals surface area contributed by atoms with Crippen molar-refractivity contribution in [3.05, 3.63) is 106 Å². The molecule has 1 aromatic heterocycles. The van der Waals surface area contributed by atoms with Crippen LogP contribution in [0.25, 0.3) is 11.0 Å². The zero-order valence-electron chi connectivity index (χ0n) is 38.2. The van der Waals surface area contributed by atoms with Gasteiger partial charge >= 0.3 is 5.69 Å². The molecule has 0 bridgehead atoms. The van der Waals surface area contributed by atoms with Crippen molar-refractivity contribution in [2.24, 2.45) is 18.5 Å². The number of piperidine rings is 1. The Balaban J connectivity index is 0.869. The van der Waals surface area contributed by atoms with Gasteiger partial charge in [-0.25, -0.2) is 4.79 Å². The summed E-state index contributed by atoms with van der Waals surface area (Å²) in [5.41, 5.74) is 15.8. The molecule has 17 nitrogen and oxygen atoms in total. The van der Waals surface area contributed by atoms with Crippen molar-refractivity contribution in [2.45, 2.75) is 133 Å². The minimum Gasteiger partial charge on any atom is -0.370 e. The van der Waals surface area contributed by atoms with E-state index < -0.39 is 59.7 Å². The van der Waals surface area contributed by atoms with E-state index >= 15 is 0 Å². The lowest BCUT2D eigenvalue weighted by Crippen LogP contribution is -2.60. The summed E-state index contributed by atoms with van der Waals surface area (Å²) < 4.78 is 3.10. The second-order valence-electron chi connectivity index (χ2n) is 18.1. The fourth-order valence-corrected chi connectivity index (χ4v) is 10.0. The Bertz CT molecular complexity index is 2470. The molecule has 2 unspecified atom stereocenters. The number of amides is 7. The molecule has 0 aliphatic carbocycles. The standard InChI is InChI=1S/C50H63N9O8/c1-56-45-34(20-14-21-38(45)59(50(56)67)40-26-28-42(61)54-48(40)65)19-8-4-2-3-5-13-22-43(62)57-30-29-35-23-25-39(58(35)49(66)36(51)31-57)47(64)53-37(24-27-41(52)60)46(63)55-44(32-15-9-6-10-16-32)33-17-11-7-12-18-33/h6-7,9-12,14-18,20-21,35-37,39-40,44H,2-5,8,13,19,22-31,51H2,1H3,(H2,52,60)(H,53,64)(H,55,63)(H,54,61,65)/t35?,36-,37-,39-,40?/m0/s1. The molecule has 356 valence electrons. The third-order valence-corrected chi connectivity index (χ3v) is 13.5. The van der Waals surface area contributed by atoms with E-state index in [0.29, 0.717) is 44.2 Å². The molecule has 67 heavy (non-hydrogen) atoms. The van der Waals surface area contributed by atoms with Crippen LogP contribution in [0, 0.1) is 0 Å². The van der Waals surface area contributed by atoms with E-state index in [1.54, 1.807) is 21.4 Å². The average molecular weight is 918 g/mol. The van der Waals surface area contributed by atoms with Crippen LogP contribution in [-0.2, 0) is 47.0 Å². The fraction of sp³-hybridized carbons (Fsp3) is 0.480. The summed E-state index contributed by atoms with van der Waals surface area (Å²) in [5, 5.41) is 8.25. The number of fused-ring (bicyclic) bond motifs is 2. The molecular formula is C50H63N9O8. The van der Waals surface area contributed by atoms with E-state index in [4.69, 9.17) is 11.5 Å². The number of imidazole rings is 1. The first-order chi connectivity index (χ1) is 32.3. The molecule has 5 atom stereocenters. The van der Waals surface area contributed by atoms with Gasteiger partial charge in [-0.1, -0.05) is 98.5 Å². The quantitative estimate of drug-likeness (QED) is 0.0685. The Morgan fingerprint density at radius 1 is 0.776 bits per heavy atom. The lowest BCUT2D eigenvalue weighted by molar-refractivity contribution is -0.145. The van der Waals surface area contributed by atoms with Crippen LogP contribution in [0.15, 0.2) is 83.7 Å². The largest absolute Gasteiger partial charge is 0.370 e. The number of nitrogens with one attached hydrogen (secondary N) is 3. The van der Waals surface area contributed by atoms with Crippen molar-refractivity contribution >= 4 is 52.4 Å². The molecule has 7 N–H and O–H groups in total. The van der Waals surface area contributed by atoms with Gasteiger partial charge < -0.3 is 31.9 Å². The van der Waals surface area contributed by atoms with E-state index in [1.807, 2.05) is 78.9 Å². The first-order valence-electron chi connectivity index (χ1n) is 23.7. The highest BCUT2D eigenvalue weighted by molar-refractivity contribution is 6.00. The number of rotatable bonds is 19. The second-order valence-corrected chi connectivity index (χ2v) is 18.1. The van der Waals surface area contributed by atoms with Gasteiger partial charge in [0, 0.05) is 45.4 Å². The van der Waals surface area contributed by atoms with Crippen molar-refractivity contribution in [2.75, 3.05) is 13.1 Å². The predicted molar refractivity (Wildman–Crippen MR) is 251 cm³/mol. The monoisotopic (exact) mass is 917 g/mol. The molecule has 0 radical (unpaired) electrons. The minimum absolute atomic E-state index is 0.0300. The molecule has 17 heteroatoms. The first-order valence-corrected chi connectivity index (χ1v) is 23.7. The van der Waals surface area contributed by atoms with Gasteiger partial charge in [0.05, 0.1) is 17.1 Å². The number of para-hydroxylation sites is 1. The van der Waals surface area contributed by atoms with Crippen LogP contribution < -0.4 is 33.1 Å². The van der Waals surface area contributed by atoms with Gasteiger partial charge in [-0.05, 0) is 74.1 Å². The summed E-state index contributed by atoms with van der Waals surface area (Å²) in [6, 6.07) is 20.0. The van der Waals surface area contributed by atoms with Gasteiger partial charge in [0.2, 0.25) is 41.4 Å². The number of nitrogens with two attached hydrogens (primary N) is 2. The molecule has 7 amide bonds. The highest BCUT2D eigenvalue weighted by Crippen LogP contribution is 2.31. The number of hydrogen-bond donors (Lipinski definition) is 5. The van der Waals surface area contributed by atoms with Crippen LogP contribution in [0.5, 0.6) is 0 Å². The maximum absolute atomic E-state index is 14.0. The van der Waals surface area contributed by atoms with Crippen molar-refractivity contribution in [1.82, 2.24) is 34.9 Å². The Labute approximate surface area is 390 Å². The van der Waals surface area contributed by atoms with Gasteiger partial charge in [-0.2, -0.15) is 0 Å². The number of aromatic nitrogens is 2. The molecular weight excluding hydrogens is 855 g/mol. The normalized spacial score (nSPS) is 20.3. The van der Waals surface area contributed by atoms with Crippen molar-refractivity contribution in [1.29, 1.82) is 0 Å². The maximum Gasteiger partial charge on any atom is 0.329 e. The number of aryl methyl sites for hydroxylation is 2. The van der Waals surface area contributed by atoms with Crippen molar-refractivity contribution in [3.63, 3.8) is 0 Å². The SMILES string of the molecule is Cn1c(=O)n(C2CCC(=O)NC2=O)c2cccc(CCCCCCCCC(=O)N3CCC4CC[C@@H](C(=O)N[C@@H](CCC(N)=O)C(=O)NC(c5ccccc5)c5ccccc5)N4C(=O)[C@@H](N)C3)c21. The van der Waals surface area contributed by atoms with Gasteiger partial charge in [-0.3, -0.25) is 48.0 Å². The number of imide groups is 1. The lowest BCUT2D eigenvalue weighted by Gasteiger charge is -2.37. The molecule has 3 aliphatic rings. The van der Waals surface area contributed by atoms with Crippen LogP contribution in [0.2, 0.25) is 0 Å². The molecule has 3 saturated heterocycles. The molecule has 7 rings (SSSR count). The summed E-state index contributed by atoms with van der Waals surface area (Å²) in [6.07, 6.45) is 8.16. The fourth-order valence-electron chi connectivity index (χ4n) is 10.0. The van der Waals surface area contributed by atoms with Crippen LogP contribution in [0.1, 0.15) is 119 Å². The molecule has 0 saturated carbocycles. The molecule has 4 heterocycles. The third-order valence-electron chi connectivity index (χ3n) is 13.5. The Hall–Kier alpha value is -6.62. The van der Waals surface area contributed by atoms with Crippen LogP contribution in [-0.4, -0.2) is 97.5 Å². The molecule has 4 aromatic rings. The zero-order valence-corrected chi connectivity index (χ0v) is 38.2. The number of unbranched alkanes of at least 4 members (excludes halogenated alkanes) is 5. The van der Waals surface area contributed by atoms with Crippen LogP contribution >= 0.6 is 0 Å². The van der Waals surface area contributed by atoms with E-state index in [9.17, 15) is 38.4 Å². The number of nitrogens with zero attached hydrogens (tertiary/aromatic N) is 4. The summed E-state index contributed by atoms with van der Waals surface area (Å²) in [7, 11) is 1.71. The van der Waals surface area contributed by atoms with E-state index in [-0.39, 0.29) is 55.8 Å². The van der Waals surface area contributed by atoms with Crippen LogP contribution in [0.4, 0.5) is 0 Å². The second kappa shape index (κ2) is 22.2. The van der Waals surface area contributed by atoms with Crippen molar-refractivity contribution < 1.29 is 33.6 Å². The molecule has 3 aliphatic heterocycles.